The van der Waals surface area contributed by atoms with Crippen LogP contribution in [0.2, 0.25) is 0 Å². The Morgan fingerprint density at radius 3 is 2.24 bits per heavy atom. The molecule has 1 atom stereocenters. The van der Waals surface area contributed by atoms with Crippen LogP contribution in [0, 0.1) is 0 Å². The number of carbonyl (C=O) groups is 1. The van der Waals surface area contributed by atoms with E-state index < -0.39 is 0 Å². The Morgan fingerprint density at radius 2 is 1.62 bits per heavy atom. The van der Waals surface area contributed by atoms with Crippen molar-refractivity contribution in [3.63, 3.8) is 0 Å². The highest BCUT2D eigenvalue weighted by molar-refractivity contribution is 5.73. The number of benzene rings is 2. The summed E-state index contributed by atoms with van der Waals surface area (Å²) in [5, 5.41) is 6.04. The van der Waals surface area contributed by atoms with E-state index in [4.69, 9.17) is 0 Å². The summed E-state index contributed by atoms with van der Waals surface area (Å²) in [6, 6.07) is 18.7. The number of amides is 2. The van der Waals surface area contributed by atoms with E-state index in [1.54, 1.807) is 0 Å². The zero-order valence-electron chi connectivity index (χ0n) is 17.8. The van der Waals surface area contributed by atoms with Crippen molar-refractivity contribution in [3.8, 4) is 0 Å². The van der Waals surface area contributed by atoms with E-state index in [1.165, 1.54) is 11.3 Å². The molecule has 6 heteroatoms. The minimum absolute atomic E-state index is 0.127. The molecule has 1 saturated heterocycles. The van der Waals surface area contributed by atoms with E-state index >= 15 is 0 Å². The molecule has 29 heavy (non-hydrogen) atoms. The SMILES string of the molecule is CN1CCN(C(CNC(=O)NCc2ccccc2)c2ccc(N(C)C)cc2)CC1. The van der Waals surface area contributed by atoms with Gasteiger partial charge < -0.3 is 20.4 Å². The number of anilines is 1. The number of urea groups is 1. The standard InChI is InChI=1S/C23H33N5O/c1-26(2)21-11-9-20(10-12-21)22(28-15-13-27(3)14-16-28)18-25-23(29)24-17-19-7-5-4-6-8-19/h4-12,22H,13-18H2,1-3H3,(H2,24,25,29). The molecule has 2 amide bonds. The van der Waals surface area contributed by atoms with Crippen LogP contribution in [0.4, 0.5) is 10.5 Å². The molecule has 1 fully saturated rings. The number of carbonyl (C=O) groups excluding carboxylic acids is 1. The number of nitrogens with one attached hydrogen (secondary N) is 2. The van der Waals surface area contributed by atoms with Crippen molar-refractivity contribution in [1.29, 1.82) is 0 Å². The smallest absolute Gasteiger partial charge is 0.315 e. The van der Waals surface area contributed by atoms with Gasteiger partial charge in [-0.1, -0.05) is 42.5 Å². The van der Waals surface area contributed by atoms with Crippen LogP contribution < -0.4 is 15.5 Å². The molecule has 0 aliphatic carbocycles. The zero-order valence-corrected chi connectivity index (χ0v) is 17.8. The van der Waals surface area contributed by atoms with E-state index in [0.717, 1.165) is 31.7 Å². The van der Waals surface area contributed by atoms with Crippen LogP contribution >= 0.6 is 0 Å². The first-order chi connectivity index (χ1) is 14.0. The fourth-order valence-corrected chi connectivity index (χ4v) is 3.62. The Kier molecular flexibility index (Phi) is 7.49. The molecule has 2 aromatic carbocycles. The molecule has 1 aliphatic rings. The second kappa shape index (κ2) is 10.3. The van der Waals surface area contributed by atoms with Crippen molar-refractivity contribution < 1.29 is 4.79 Å². The van der Waals surface area contributed by atoms with Crippen LogP contribution in [-0.2, 0) is 6.54 Å². The molecule has 0 aromatic heterocycles. The minimum atomic E-state index is -0.127. The van der Waals surface area contributed by atoms with Gasteiger partial charge in [-0.25, -0.2) is 4.79 Å². The molecular weight excluding hydrogens is 362 g/mol. The Hall–Kier alpha value is -2.57. The van der Waals surface area contributed by atoms with Crippen molar-refractivity contribution in [2.75, 3.05) is 58.8 Å². The normalized spacial score (nSPS) is 16.2. The Labute approximate surface area is 174 Å². The Bertz CT molecular complexity index is 755. The molecule has 3 rings (SSSR count). The van der Waals surface area contributed by atoms with E-state index in [9.17, 15) is 4.79 Å². The molecular formula is C23H33N5O. The number of piperazine rings is 1. The summed E-state index contributed by atoms with van der Waals surface area (Å²) in [6.07, 6.45) is 0. The third-order valence-electron chi connectivity index (χ3n) is 5.52. The highest BCUT2D eigenvalue weighted by atomic mass is 16.2. The average molecular weight is 396 g/mol. The van der Waals surface area contributed by atoms with E-state index in [0.29, 0.717) is 13.1 Å². The Balaban J connectivity index is 1.62. The molecule has 1 unspecified atom stereocenters. The lowest BCUT2D eigenvalue weighted by Gasteiger charge is -2.38. The molecule has 2 aromatic rings. The lowest BCUT2D eigenvalue weighted by Crippen LogP contribution is -2.49. The first-order valence-electron chi connectivity index (χ1n) is 10.3. The number of nitrogens with zero attached hydrogens (tertiary/aromatic N) is 3. The number of rotatable bonds is 7. The van der Waals surface area contributed by atoms with Crippen LogP contribution in [0.25, 0.3) is 0 Å². The lowest BCUT2D eigenvalue weighted by molar-refractivity contribution is 0.111. The first kappa shape index (κ1) is 21.1. The fraction of sp³-hybridized carbons (Fsp3) is 0.435. The third-order valence-corrected chi connectivity index (χ3v) is 5.52. The summed E-state index contributed by atoms with van der Waals surface area (Å²) in [5.41, 5.74) is 3.51. The van der Waals surface area contributed by atoms with Gasteiger partial charge in [0.05, 0.1) is 6.04 Å². The van der Waals surface area contributed by atoms with Gasteiger partial charge in [-0.05, 0) is 30.3 Å². The van der Waals surface area contributed by atoms with E-state index in [1.807, 2.05) is 44.4 Å². The van der Waals surface area contributed by atoms with Gasteiger partial charge in [-0.2, -0.15) is 0 Å². The summed E-state index contributed by atoms with van der Waals surface area (Å²) < 4.78 is 0. The monoisotopic (exact) mass is 395 g/mol. The minimum Gasteiger partial charge on any atom is -0.378 e. The van der Waals surface area contributed by atoms with Gasteiger partial charge in [0.15, 0.2) is 0 Å². The van der Waals surface area contributed by atoms with E-state index in [2.05, 4.69) is 56.6 Å². The van der Waals surface area contributed by atoms with Crippen molar-refractivity contribution >= 4 is 11.7 Å². The van der Waals surface area contributed by atoms with Crippen molar-refractivity contribution in [3.05, 3.63) is 65.7 Å². The zero-order chi connectivity index (χ0) is 20.6. The van der Waals surface area contributed by atoms with Crippen molar-refractivity contribution in [2.24, 2.45) is 0 Å². The summed E-state index contributed by atoms with van der Waals surface area (Å²) in [7, 11) is 6.25. The van der Waals surface area contributed by atoms with Crippen LogP contribution in [0.3, 0.4) is 0 Å². The van der Waals surface area contributed by atoms with Crippen LogP contribution in [-0.4, -0.2) is 69.7 Å². The van der Waals surface area contributed by atoms with Crippen LogP contribution in [0.15, 0.2) is 54.6 Å². The molecule has 1 heterocycles. The maximum Gasteiger partial charge on any atom is 0.315 e. The highest BCUT2D eigenvalue weighted by Crippen LogP contribution is 2.24. The van der Waals surface area contributed by atoms with Crippen LogP contribution in [0.5, 0.6) is 0 Å². The molecule has 0 saturated carbocycles. The molecule has 1 aliphatic heterocycles. The van der Waals surface area contributed by atoms with Gasteiger partial charge in [0.25, 0.3) is 0 Å². The third kappa shape index (κ3) is 6.21. The van der Waals surface area contributed by atoms with E-state index in [-0.39, 0.29) is 12.1 Å². The largest absolute Gasteiger partial charge is 0.378 e. The van der Waals surface area contributed by atoms with Gasteiger partial charge in [-0.3, -0.25) is 4.90 Å². The summed E-state index contributed by atoms with van der Waals surface area (Å²) >= 11 is 0. The second-order valence-corrected chi connectivity index (χ2v) is 7.89. The molecule has 0 spiro atoms. The summed E-state index contributed by atoms with van der Waals surface area (Å²) in [6.45, 7) is 5.22. The predicted molar refractivity (Wildman–Crippen MR) is 119 cm³/mol. The molecule has 156 valence electrons. The molecule has 6 nitrogen and oxygen atoms in total. The van der Waals surface area contributed by atoms with Crippen molar-refractivity contribution in [2.45, 2.75) is 12.6 Å². The fourth-order valence-electron chi connectivity index (χ4n) is 3.62. The summed E-state index contributed by atoms with van der Waals surface area (Å²) in [4.78, 5) is 19.3. The van der Waals surface area contributed by atoms with Crippen molar-refractivity contribution in [1.82, 2.24) is 20.4 Å². The quantitative estimate of drug-likeness (QED) is 0.757. The van der Waals surface area contributed by atoms with Gasteiger partial charge in [0, 0.05) is 59.1 Å². The second-order valence-electron chi connectivity index (χ2n) is 7.89. The van der Waals surface area contributed by atoms with Gasteiger partial charge in [0.1, 0.15) is 0 Å². The maximum atomic E-state index is 12.4. The maximum absolute atomic E-state index is 12.4. The molecule has 0 bridgehead atoms. The van der Waals surface area contributed by atoms with Gasteiger partial charge in [-0.15, -0.1) is 0 Å². The average Bonchev–Trinajstić information content (AvgIpc) is 2.74. The number of likely N-dealkylation sites (N-methyl/N-ethyl adjacent to an activating group) is 1. The lowest BCUT2D eigenvalue weighted by atomic mass is 10.0. The predicted octanol–water partition coefficient (Wildman–Crippen LogP) is 2.54. The number of hydrogen-bond donors (Lipinski definition) is 2. The van der Waals surface area contributed by atoms with Gasteiger partial charge >= 0.3 is 6.03 Å². The summed E-state index contributed by atoms with van der Waals surface area (Å²) in [5.74, 6) is 0. The Morgan fingerprint density at radius 1 is 0.966 bits per heavy atom. The first-order valence-corrected chi connectivity index (χ1v) is 10.3. The topological polar surface area (TPSA) is 50.9 Å². The van der Waals surface area contributed by atoms with Gasteiger partial charge in [0.2, 0.25) is 0 Å². The van der Waals surface area contributed by atoms with Crippen LogP contribution in [0.1, 0.15) is 17.2 Å². The molecule has 2 N–H and O–H groups in total. The molecule has 0 radical (unpaired) electrons. The highest BCUT2D eigenvalue weighted by Gasteiger charge is 2.24. The number of hydrogen-bond acceptors (Lipinski definition) is 4.